The fraction of sp³-hybridized carbons (Fsp3) is 0.306. The second-order valence-electron chi connectivity index (χ2n) is 27.6. The van der Waals surface area contributed by atoms with Crippen molar-refractivity contribution in [2.24, 2.45) is 0 Å². The fourth-order valence-corrected chi connectivity index (χ4v) is 13.3. The number of benzene rings is 8. The molecule has 0 radical (unpaired) electrons. The van der Waals surface area contributed by atoms with Crippen molar-refractivity contribution in [1.29, 1.82) is 0 Å². The summed E-state index contributed by atoms with van der Waals surface area (Å²) in [6, 6.07) is 58.9. The number of hydrogen-bond acceptors (Lipinski definition) is 3. The first kappa shape index (κ1) is 49.3. The molecule has 0 amide bonds. The summed E-state index contributed by atoms with van der Waals surface area (Å²) in [7, 11) is 0. The van der Waals surface area contributed by atoms with Crippen LogP contribution in [0.2, 0.25) is 0 Å². The highest BCUT2D eigenvalue weighted by atomic mass is 16.4. The molecule has 0 N–H and O–H groups in total. The van der Waals surface area contributed by atoms with Crippen LogP contribution in [0.25, 0.3) is 49.6 Å². The van der Waals surface area contributed by atoms with Crippen molar-refractivity contribution in [3.8, 4) is 16.8 Å². The molecule has 10 aromatic rings. The molecule has 77 heavy (non-hydrogen) atoms. The highest BCUT2D eigenvalue weighted by Gasteiger charge is 2.48. The minimum atomic E-state index is -0.0832. The van der Waals surface area contributed by atoms with Crippen LogP contribution >= 0.6 is 0 Å². The maximum atomic E-state index is 7.54. The van der Waals surface area contributed by atoms with E-state index in [9.17, 15) is 0 Å². The van der Waals surface area contributed by atoms with E-state index in [1.165, 1.54) is 93.9 Å². The van der Waals surface area contributed by atoms with E-state index in [4.69, 9.17) is 4.42 Å². The number of nitrogens with zero attached hydrogens (tertiary/aromatic N) is 3. The molecule has 5 heteroatoms. The number of furan rings is 1. The van der Waals surface area contributed by atoms with Gasteiger partial charge in [-0.05, 0) is 206 Å². The van der Waals surface area contributed by atoms with Gasteiger partial charge in [0.25, 0.3) is 6.71 Å². The third kappa shape index (κ3) is 7.76. The predicted molar refractivity (Wildman–Crippen MR) is 331 cm³/mol. The lowest BCUT2D eigenvalue weighted by Gasteiger charge is -2.43. The van der Waals surface area contributed by atoms with Gasteiger partial charge in [0.15, 0.2) is 0 Å². The van der Waals surface area contributed by atoms with Gasteiger partial charge in [-0.1, -0.05) is 151 Å². The molecule has 0 spiro atoms. The third-order valence-electron chi connectivity index (χ3n) is 18.0. The van der Waals surface area contributed by atoms with E-state index >= 15 is 0 Å². The standard InChI is InChI=1S/C72H74BN3O/c1-43-17-16-18-52(35-43)75-61-36-44(2)19-30-58(61)73-65-55-41-56-57(72(14,15)34-33-71(56,12)13)42-64(55)77-67(65)76(51-28-22-47(23-29-51)68(3,4)5)63-38-46(37-62(75)66(63)73)45-20-26-50(27-21-45)74-59-31-24-48(69(6,7)8)39-53(59)54-40-49(70(9,10)11)25-32-60(54)74/h16-32,35-42H,33-34H2,1-15H3. The first-order valence-corrected chi connectivity index (χ1v) is 28.2. The second kappa shape index (κ2) is 16.6. The summed E-state index contributed by atoms with van der Waals surface area (Å²) in [4.78, 5) is 5.02. The minimum Gasteiger partial charge on any atom is -0.440 e. The molecule has 4 heterocycles. The van der Waals surface area contributed by atoms with Gasteiger partial charge in [-0.3, -0.25) is 4.90 Å². The van der Waals surface area contributed by atoms with E-state index in [0.29, 0.717) is 0 Å². The lowest BCUT2D eigenvalue weighted by atomic mass is 9.33. The number of aryl methyl sites for hydroxylation is 2. The number of hydrogen-bond donors (Lipinski definition) is 0. The molecular formula is C72H74BN3O. The molecule has 1 aliphatic carbocycles. The lowest BCUT2D eigenvalue weighted by molar-refractivity contribution is 0.332. The van der Waals surface area contributed by atoms with Crippen LogP contribution in [0.5, 0.6) is 0 Å². The molecule has 8 aromatic carbocycles. The van der Waals surface area contributed by atoms with Gasteiger partial charge in [-0.25, -0.2) is 0 Å². The molecule has 0 saturated heterocycles. The summed E-state index contributed by atoms with van der Waals surface area (Å²) >= 11 is 0. The fourth-order valence-electron chi connectivity index (χ4n) is 13.3. The number of aromatic nitrogens is 1. The molecule has 3 aliphatic rings. The first-order chi connectivity index (χ1) is 36.4. The average molecular weight is 1010 g/mol. The Labute approximate surface area is 457 Å². The first-order valence-electron chi connectivity index (χ1n) is 28.2. The molecule has 0 bridgehead atoms. The van der Waals surface area contributed by atoms with Gasteiger partial charge in [-0.15, -0.1) is 0 Å². The van der Waals surface area contributed by atoms with Gasteiger partial charge in [0.05, 0.1) is 11.0 Å². The van der Waals surface area contributed by atoms with Crippen molar-refractivity contribution in [3.05, 3.63) is 191 Å². The van der Waals surface area contributed by atoms with Gasteiger partial charge < -0.3 is 13.9 Å². The molecule has 13 rings (SSSR count). The van der Waals surface area contributed by atoms with E-state index < -0.39 is 0 Å². The smallest absolute Gasteiger partial charge is 0.257 e. The van der Waals surface area contributed by atoms with E-state index in [-0.39, 0.29) is 33.8 Å². The van der Waals surface area contributed by atoms with Gasteiger partial charge >= 0.3 is 0 Å². The summed E-state index contributed by atoms with van der Waals surface area (Å²) in [6.07, 6.45) is 2.29. The van der Waals surface area contributed by atoms with Crippen LogP contribution in [-0.2, 0) is 27.1 Å². The molecule has 386 valence electrons. The lowest BCUT2D eigenvalue weighted by Crippen LogP contribution is -2.61. The third-order valence-corrected chi connectivity index (χ3v) is 18.0. The van der Waals surface area contributed by atoms with Gasteiger partial charge in [0.1, 0.15) is 5.58 Å². The highest BCUT2D eigenvalue weighted by Crippen LogP contribution is 2.52. The largest absolute Gasteiger partial charge is 0.440 e. The summed E-state index contributed by atoms with van der Waals surface area (Å²) in [5, 5.41) is 3.81. The topological polar surface area (TPSA) is 24.6 Å². The maximum absolute atomic E-state index is 7.54. The molecule has 4 nitrogen and oxygen atoms in total. The summed E-state index contributed by atoms with van der Waals surface area (Å²) in [5.41, 5.74) is 25.9. The number of fused-ring (bicyclic) bond motifs is 10. The molecule has 2 aliphatic heterocycles. The van der Waals surface area contributed by atoms with E-state index in [1.54, 1.807) is 0 Å². The van der Waals surface area contributed by atoms with Crippen molar-refractivity contribution in [2.45, 2.75) is 144 Å². The highest BCUT2D eigenvalue weighted by molar-refractivity contribution is 7.01. The van der Waals surface area contributed by atoms with E-state index in [1.807, 2.05) is 0 Å². The van der Waals surface area contributed by atoms with Crippen LogP contribution in [0, 0.1) is 13.8 Å². The zero-order chi connectivity index (χ0) is 54.0. The van der Waals surface area contributed by atoms with Crippen LogP contribution in [0.1, 0.15) is 142 Å². The molecular weight excluding hydrogens is 934 g/mol. The van der Waals surface area contributed by atoms with Crippen molar-refractivity contribution in [2.75, 3.05) is 9.80 Å². The predicted octanol–water partition coefficient (Wildman–Crippen LogP) is 18.1. The Morgan fingerprint density at radius 3 is 1.57 bits per heavy atom. The number of anilines is 6. The van der Waals surface area contributed by atoms with Crippen molar-refractivity contribution in [3.63, 3.8) is 0 Å². The van der Waals surface area contributed by atoms with Crippen molar-refractivity contribution >= 4 is 90.2 Å². The Bertz CT molecular complexity index is 4000. The monoisotopic (exact) mass is 1010 g/mol. The Morgan fingerprint density at radius 1 is 0.442 bits per heavy atom. The summed E-state index contributed by atoms with van der Waals surface area (Å²) in [6.45, 7) is 34.8. The minimum absolute atomic E-state index is 0.0000852. The average Bonchev–Trinajstić information content (AvgIpc) is 3.91. The maximum Gasteiger partial charge on any atom is 0.257 e. The van der Waals surface area contributed by atoms with E-state index in [2.05, 4.69) is 270 Å². The number of rotatable bonds is 4. The molecule has 0 fully saturated rings. The molecule has 0 saturated carbocycles. The summed E-state index contributed by atoms with van der Waals surface area (Å²) in [5.74, 6) is 0.906. The van der Waals surface area contributed by atoms with Crippen LogP contribution in [0.3, 0.4) is 0 Å². The van der Waals surface area contributed by atoms with Crippen molar-refractivity contribution in [1.82, 2.24) is 4.57 Å². The van der Waals surface area contributed by atoms with Crippen LogP contribution < -0.4 is 26.2 Å². The molecule has 2 aromatic heterocycles. The Kier molecular flexibility index (Phi) is 10.7. The normalized spacial score (nSPS) is 15.8. The van der Waals surface area contributed by atoms with Crippen LogP contribution in [0.15, 0.2) is 156 Å². The van der Waals surface area contributed by atoms with E-state index in [0.717, 1.165) is 58.2 Å². The summed E-state index contributed by atoms with van der Waals surface area (Å²) < 4.78 is 10.0. The molecule has 0 atom stereocenters. The van der Waals surface area contributed by atoms with Crippen LogP contribution in [-0.4, -0.2) is 11.3 Å². The zero-order valence-electron chi connectivity index (χ0n) is 48.2. The molecule has 0 unspecified atom stereocenters. The Balaban J connectivity index is 1.08. The Morgan fingerprint density at radius 2 is 0.987 bits per heavy atom. The van der Waals surface area contributed by atoms with Crippen molar-refractivity contribution < 1.29 is 4.42 Å². The zero-order valence-corrected chi connectivity index (χ0v) is 48.2. The quantitative estimate of drug-likeness (QED) is 0.164. The van der Waals surface area contributed by atoms with Gasteiger partial charge in [-0.2, -0.15) is 0 Å². The Hall–Kier alpha value is -7.24. The second-order valence-corrected chi connectivity index (χ2v) is 27.6. The SMILES string of the molecule is Cc1cccc(N2c3cc(C)ccc3B3c4c2cc(-c2ccc(-n5c6ccc(C(C)(C)C)cc6c6cc(C(C)(C)C)ccc65)cc2)cc4N(c2ccc(C(C)(C)C)cc2)c2oc4cc5c(cc4c23)C(C)(C)CCC5(C)C)c1. The van der Waals surface area contributed by atoms with Crippen LogP contribution in [0.4, 0.5) is 34.3 Å². The van der Waals surface area contributed by atoms with Gasteiger partial charge in [0.2, 0.25) is 5.88 Å². The van der Waals surface area contributed by atoms with Gasteiger partial charge in [0, 0.05) is 55.7 Å².